The maximum atomic E-state index is 12.7. The second-order valence-electron chi connectivity index (χ2n) is 6.94. The highest BCUT2D eigenvalue weighted by Gasteiger charge is 2.29. The molecular formula is C23H17F3N2O4. The van der Waals surface area contributed by atoms with Gasteiger partial charge in [-0.2, -0.15) is 13.2 Å². The number of hydrogen-bond acceptors (Lipinski definition) is 4. The van der Waals surface area contributed by atoms with Crippen LogP contribution in [-0.4, -0.2) is 21.0 Å². The summed E-state index contributed by atoms with van der Waals surface area (Å²) in [6.45, 7) is 0.0138. The molecule has 2 N–H and O–H groups in total. The molecule has 0 bridgehead atoms. The Morgan fingerprint density at radius 2 is 1.66 bits per heavy atom. The minimum atomic E-state index is -4.42. The number of hydrogen-bond donors (Lipinski definition) is 2. The van der Waals surface area contributed by atoms with Crippen molar-refractivity contribution in [2.75, 3.05) is 0 Å². The SMILES string of the molecule is O=C(O)c1ccc(OCc2nc3ccccc3[nH]2)c(OCc2ccc(C(F)(F)F)cc2)c1. The second kappa shape index (κ2) is 8.62. The fourth-order valence-corrected chi connectivity index (χ4v) is 3.04. The van der Waals surface area contributed by atoms with Crippen LogP contribution in [0.25, 0.3) is 11.0 Å². The summed E-state index contributed by atoms with van der Waals surface area (Å²) in [6, 6.07) is 16.2. The Hall–Kier alpha value is -4.01. The number of halogens is 3. The van der Waals surface area contributed by atoms with Crippen LogP contribution in [0.1, 0.15) is 27.3 Å². The highest BCUT2D eigenvalue weighted by Crippen LogP contribution is 2.31. The first-order chi connectivity index (χ1) is 15.3. The van der Waals surface area contributed by atoms with E-state index in [0.29, 0.717) is 11.4 Å². The number of aromatic nitrogens is 2. The first-order valence-electron chi connectivity index (χ1n) is 9.52. The number of H-pyrrole nitrogens is 1. The normalized spacial score (nSPS) is 11.5. The summed E-state index contributed by atoms with van der Waals surface area (Å²) in [6.07, 6.45) is -4.42. The molecule has 0 radical (unpaired) electrons. The molecule has 0 unspecified atom stereocenters. The van der Waals surface area contributed by atoms with Crippen molar-refractivity contribution >= 4 is 17.0 Å². The lowest BCUT2D eigenvalue weighted by Gasteiger charge is -2.13. The molecule has 0 saturated carbocycles. The van der Waals surface area contributed by atoms with Crippen molar-refractivity contribution in [2.45, 2.75) is 19.4 Å². The molecule has 9 heteroatoms. The summed E-state index contributed by atoms with van der Waals surface area (Å²) in [7, 11) is 0. The molecule has 164 valence electrons. The summed E-state index contributed by atoms with van der Waals surface area (Å²) in [5.41, 5.74) is 1.35. The van der Waals surface area contributed by atoms with Gasteiger partial charge in [-0.25, -0.2) is 9.78 Å². The fourth-order valence-electron chi connectivity index (χ4n) is 3.04. The molecule has 0 aliphatic heterocycles. The third-order valence-electron chi connectivity index (χ3n) is 4.67. The molecule has 0 amide bonds. The minimum absolute atomic E-state index is 0.0106. The molecule has 1 aromatic heterocycles. The predicted octanol–water partition coefficient (Wildman–Crippen LogP) is 5.44. The maximum Gasteiger partial charge on any atom is 0.416 e. The van der Waals surface area contributed by atoms with Gasteiger partial charge in [0.15, 0.2) is 11.5 Å². The van der Waals surface area contributed by atoms with Crippen molar-refractivity contribution in [3.8, 4) is 11.5 Å². The Kier molecular flexibility index (Phi) is 5.72. The quantitative estimate of drug-likeness (QED) is 0.398. The monoisotopic (exact) mass is 442 g/mol. The highest BCUT2D eigenvalue weighted by molar-refractivity contribution is 5.88. The molecule has 0 saturated heterocycles. The smallest absolute Gasteiger partial charge is 0.416 e. The number of ether oxygens (including phenoxy) is 2. The van der Waals surface area contributed by atoms with E-state index in [1.165, 1.54) is 30.3 Å². The van der Waals surface area contributed by atoms with Gasteiger partial charge in [0.25, 0.3) is 0 Å². The van der Waals surface area contributed by atoms with E-state index in [1.54, 1.807) is 0 Å². The Morgan fingerprint density at radius 1 is 0.938 bits per heavy atom. The first kappa shape index (κ1) is 21.2. The highest BCUT2D eigenvalue weighted by atomic mass is 19.4. The van der Waals surface area contributed by atoms with Crippen LogP contribution in [0.15, 0.2) is 66.7 Å². The topological polar surface area (TPSA) is 84.4 Å². The molecule has 0 spiro atoms. The number of aromatic carboxylic acids is 1. The third kappa shape index (κ3) is 4.83. The van der Waals surface area contributed by atoms with Crippen LogP contribution in [0.3, 0.4) is 0 Å². The van der Waals surface area contributed by atoms with E-state index in [0.717, 1.165) is 23.2 Å². The van der Waals surface area contributed by atoms with Crippen molar-refractivity contribution < 1.29 is 32.5 Å². The molecule has 4 aromatic rings. The Bertz CT molecular complexity index is 1220. The largest absolute Gasteiger partial charge is 0.485 e. The molecule has 1 heterocycles. The van der Waals surface area contributed by atoms with E-state index < -0.39 is 17.7 Å². The van der Waals surface area contributed by atoms with Crippen LogP contribution < -0.4 is 9.47 Å². The number of rotatable bonds is 7. The average Bonchev–Trinajstić information content (AvgIpc) is 3.19. The zero-order chi connectivity index (χ0) is 22.7. The number of carbonyl (C=O) groups is 1. The zero-order valence-corrected chi connectivity index (χ0v) is 16.5. The van der Waals surface area contributed by atoms with Crippen LogP contribution in [-0.2, 0) is 19.4 Å². The summed E-state index contributed by atoms with van der Waals surface area (Å²) in [5.74, 6) is -0.140. The number of carboxylic acid groups (broad SMARTS) is 1. The van der Waals surface area contributed by atoms with Crippen LogP contribution in [0, 0.1) is 0 Å². The maximum absolute atomic E-state index is 12.7. The molecule has 0 aliphatic carbocycles. The lowest BCUT2D eigenvalue weighted by Crippen LogP contribution is -2.06. The summed E-state index contributed by atoms with van der Waals surface area (Å²) in [5, 5.41) is 9.26. The van der Waals surface area contributed by atoms with Crippen molar-refractivity contribution in [3.05, 3.63) is 89.2 Å². The van der Waals surface area contributed by atoms with Crippen LogP contribution in [0.4, 0.5) is 13.2 Å². The second-order valence-corrected chi connectivity index (χ2v) is 6.94. The van der Waals surface area contributed by atoms with E-state index in [-0.39, 0.29) is 30.3 Å². The van der Waals surface area contributed by atoms with E-state index in [1.807, 2.05) is 24.3 Å². The number of aromatic amines is 1. The van der Waals surface area contributed by atoms with Gasteiger partial charge >= 0.3 is 12.1 Å². The number of para-hydroxylation sites is 2. The average molecular weight is 442 g/mol. The molecular weight excluding hydrogens is 425 g/mol. The van der Waals surface area contributed by atoms with Crippen LogP contribution >= 0.6 is 0 Å². The molecule has 0 atom stereocenters. The standard InChI is InChI=1S/C23H17F3N2O4/c24-23(25,26)16-8-5-14(6-9-16)12-31-20-11-15(22(29)30)7-10-19(20)32-13-21-27-17-3-1-2-4-18(17)28-21/h1-11H,12-13H2,(H,27,28)(H,29,30). The predicted molar refractivity (Wildman–Crippen MR) is 110 cm³/mol. The molecule has 4 rings (SSSR count). The number of benzene rings is 3. The number of carboxylic acids is 1. The molecule has 0 aliphatic rings. The van der Waals surface area contributed by atoms with Crippen LogP contribution in [0.2, 0.25) is 0 Å². The Balaban J connectivity index is 1.50. The van der Waals surface area contributed by atoms with Gasteiger partial charge in [0.05, 0.1) is 22.2 Å². The van der Waals surface area contributed by atoms with Gasteiger partial charge in [-0.3, -0.25) is 0 Å². The van der Waals surface area contributed by atoms with E-state index in [2.05, 4.69) is 9.97 Å². The van der Waals surface area contributed by atoms with Gasteiger partial charge in [0.1, 0.15) is 19.0 Å². The molecule has 32 heavy (non-hydrogen) atoms. The molecule has 0 fully saturated rings. The zero-order valence-electron chi connectivity index (χ0n) is 16.5. The summed E-state index contributed by atoms with van der Waals surface area (Å²) in [4.78, 5) is 18.9. The van der Waals surface area contributed by atoms with E-state index in [4.69, 9.17) is 9.47 Å². The lowest BCUT2D eigenvalue weighted by molar-refractivity contribution is -0.137. The van der Waals surface area contributed by atoms with Gasteiger partial charge in [-0.05, 0) is 48.0 Å². The van der Waals surface area contributed by atoms with Crippen molar-refractivity contribution in [2.24, 2.45) is 0 Å². The van der Waals surface area contributed by atoms with Crippen molar-refractivity contribution in [1.82, 2.24) is 9.97 Å². The minimum Gasteiger partial charge on any atom is -0.485 e. The number of nitrogens with zero attached hydrogens (tertiary/aromatic N) is 1. The van der Waals surface area contributed by atoms with Gasteiger partial charge in [0, 0.05) is 0 Å². The molecule has 6 nitrogen and oxygen atoms in total. The van der Waals surface area contributed by atoms with Crippen LogP contribution in [0.5, 0.6) is 11.5 Å². The summed E-state index contributed by atoms with van der Waals surface area (Å²) >= 11 is 0. The van der Waals surface area contributed by atoms with E-state index >= 15 is 0 Å². The molecule has 3 aromatic carbocycles. The van der Waals surface area contributed by atoms with Crippen molar-refractivity contribution in [3.63, 3.8) is 0 Å². The fraction of sp³-hybridized carbons (Fsp3) is 0.130. The summed E-state index contributed by atoms with van der Waals surface area (Å²) < 4.78 is 49.6. The van der Waals surface area contributed by atoms with Gasteiger partial charge < -0.3 is 19.6 Å². The van der Waals surface area contributed by atoms with Gasteiger partial charge in [-0.1, -0.05) is 24.3 Å². The number of nitrogens with one attached hydrogen (secondary N) is 1. The van der Waals surface area contributed by atoms with E-state index in [9.17, 15) is 23.1 Å². The van der Waals surface area contributed by atoms with Gasteiger partial charge in [-0.15, -0.1) is 0 Å². The first-order valence-corrected chi connectivity index (χ1v) is 9.52. The van der Waals surface area contributed by atoms with Gasteiger partial charge in [0.2, 0.25) is 0 Å². The number of fused-ring (bicyclic) bond motifs is 1. The lowest BCUT2D eigenvalue weighted by atomic mass is 10.1. The third-order valence-corrected chi connectivity index (χ3v) is 4.67. The Morgan fingerprint density at radius 3 is 2.34 bits per heavy atom. The van der Waals surface area contributed by atoms with Crippen molar-refractivity contribution in [1.29, 1.82) is 0 Å². The number of imidazole rings is 1. The number of alkyl halides is 3. The Labute approximate surface area is 180 Å².